The van der Waals surface area contributed by atoms with Crippen LogP contribution in [0.25, 0.3) is 0 Å². The molecule has 2 aromatic rings. The molecule has 0 spiro atoms. The van der Waals surface area contributed by atoms with E-state index in [1.54, 1.807) is 6.20 Å². The van der Waals surface area contributed by atoms with Gasteiger partial charge in [-0.2, -0.15) is 0 Å². The van der Waals surface area contributed by atoms with Crippen LogP contribution in [-0.2, 0) is 16.0 Å². The molecule has 4 nitrogen and oxygen atoms in total. The van der Waals surface area contributed by atoms with E-state index in [2.05, 4.69) is 4.98 Å². The third kappa shape index (κ3) is 2.84. The van der Waals surface area contributed by atoms with E-state index in [9.17, 15) is 4.79 Å². The molecule has 1 aromatic carbocycles. The molecule has 100 valence electrons. The van der Waals surface area contributed by atoms with Gasteiger partial charge in [0.1, 0.15) is 5.82 Å². The fourth-order valence-electron chi connectivity index (χ4n) is 2.12. The second kappa shape index (κ2) is 6.18. The largest absolute Gasteiger partial charge is 0.464 e. The average molecular weight is 258 g/mol. The normalized spacial score (nSPS) is 12.1. The first-order chi connectivity index (χ1) is 9.27. The standard InChI is InChI=1S/C15H18N2O2/c1-3-13-16-10-11-17(13)14(15(18)19-4-2)12-8-6-5-7-9-12/h5-11,14H,3-4H2,1-2H3. The zero-order valence-corrected chi connectivity index (χ0v) is 11.2. The molecular weight excluding hydrogens is 240 g/mol. The lowest BCUT2D eigenvalue weighted by atomic mass is 10.1. The minimum Gasteiger partial charge on any atom is -0.464 e. The summed E-state index contributed by atoms with van der Waals surface area (Å²) >= 11 is 0. The van der Waals surface area contributed by atoms with Crippen LogP contribution >= 0.6 is 0 Å². The Labute approximate surface area is 113 Å². The first-order valence-corrected chi connectivity index (χ1v) is 6.51. The fourth-order valence-corrected chi connectivity index (χ4v) is 2.12. The second-order valence-corrected chi connectivity index (χ2v) is 4.17. The van der Waals surface area contributed by atoms with Crippen LogP contribution in [0.3, 0.4) is 0 Å². The van der Waals surface area contributed by atoms with Crippen molar-refractivity contribution in [1.29, 1.82) is 0 Å². The fraction of sp³-hybridized carbons (Fsp3) is 0.333. The van der Waals surface area contributed by atoms with Gasteiger partial charge in [0.05, 0.1) is 6.61 Å². The molecule has 1 aromatic heterocycles. The zero-order valence-electron chi connectivity index (χ0n) is 11.2. The summed E-state index contributed by atoms with van der Waals surface area (Å²) in [4.78, 5) is 16.5. The van der Waals surface area contributed by atoms with Gasteiger partial charge in [-0.3, -0.25) is 0 Å². The SMILES string of the molecule is CCOC(=O)C(c1ccccc1)n1ccnc1CC. The van der Waals surface area contributed by atoms with E-state index in [0.29, 0.717) is 6.61 Å². The average Bonchev–Trinajstić information content (AvgIpc) is 2.89. The van der Waals surface area contributed by atoms with Crippen LogP contribution in [0.15, 0.2) is 42.7 Å². The molecule has 0 aliphatic heterocycles. The Balaban J connectivity index is 2.43. The first-order valence-electron chi connectivity index (χ1n) is 6.51. The highest BCUT2D eigenvalue weighted by molar-refractivity contribution is 5.78. The van der Waals surface area contributed by atoms with Crippen molar-refractivity contribution in [3.63, 3.8) is 0 Å². The summed E-state index contributed by atoms with van der Waals surface area (Å²) in [6.45, 7) is 4.21. The van der Waals surface area contributed by atoms with Gasteiger partial charge in [0.25, 0.3) is 0 Å². The van der Waals surface area contributed by atoms with Crippen LogP contribution in [0.1, 0.15) is 31.3 Å². The molecule has 0 saturated carbocycles. The smallest absolute Gasteiger partial charge is 0.333 e. The van der Waals surface area contributed by atoms with Crippen molar-refractivity contribution in [2.45, 2.75) is 26.3 Å². The molecule has 4 heteroatoms. The van der Waals surface area contributed by atoms with E-state index in [1.807, 2.05) is 54.9 Å². The Kier molecular flexibility index (Phi) is 4.34. The summed E-state index contributed by atoms with van der Waals surface area (Å²) < 4.78 is 7.08. The lowest BCUT2D eigenvalue weighted by Gasteiger charge is -2.19. The molecule has 0 bridgehead atoms. The molecule has 0 N–H and O–H groups in total. The van der Waals surface area contributed by atoms with Crippen LogP contribution in [0.4, 0.5) is 0 Å². The van der Waals surface area contributed by atoms with Gasteiger partial charge in [-0.1, -0.05) is 37.3 Å². The van der Waals surface area contributed by atoms with E-state index in [4.69, 9.17) is 4.74 Å². The molecule has 1 heterocycles. The number of imidazole rings is 1. The predicted octanol–water partition coefficient (Wildman–Crippen LogP) is 2.60. The summed E-state index contributed by atoms with van der Waals surface area (Å²) in [5.74, 6) is 0.628. The number of aryl methyl sites for hydroxylation is 1. The highest BCUT2D eigenvalue weighted by atomic mass is 16.5. The number of ether oxygens (including phenoxy) is 1. The van der Waals surface area contributed by atoms with Gasteiger partial charge in [-0.15, -0.1) is 0 Å². The van der Waals surface area contributed by atoms with Gasteiger partial charge in [0.2, 0.25) is 0 Å². The van der Waals surface area contributed by atoms with Gasteiger partial charge in [0, 0.05) is 18.8 Å². The van der Waals surface area contributed by atoms with Crippen LogP contribution in [0.5, 0.6) is 0 Å². The highest BCUT2D eigenvalue weighted by Crippen LogP contribution is 2.21. The molecule has 0 aliphatic rings. The van der Waals surface area contributed by atoms with E-state index in [1.165, 1.54) is 0 Å². The number of hydrogen-bond donors (Lipinski definition) is 0. The summed E-state index contributed by atoms with van der Waals surface area (Å²) in [7, 11) is 0. The topological polar surface area (TPSA) is 44.1 Å². The third-order valence-corrected chi connectivity index (χ3v) is 2.97. The van der Waals surface area contributed by atoms with Crippen LogP contribution < -0.4 is 0 Å². The Morgan fingerprint density at radius 3 is 2.68 bits per heavy atom. The summed E-state index contributed by atoms with van der Waals surface area (Å²) in [6, 6.07) is 9.18. The van der Waals surface area contributed by atoms with Crippen molar-refractivity contribution >= 4 is 5.97 Å². The predicted molar refractivity (Wildman–Crippen MR) is 72.8 cm³/mol. The van der Waals surface area contributed by atoms with Crippen LogP contribution in [-0.4, -0.2) is 22.1 Å². The van der Waals surface area contributed by atoms with Gasteiger partial charge < -0.3 is 9.30 Å². The molecule has 0 radical (unpaired) electrons. The molecule has 0 aliphatic carbocycles. The van der Waals surface area contributed by atoms with Crippen molar-refractivity contribution < 1.29 is 9.53 Å². The van der Waals surface area contributed by atoms with Crippen molar-refractivity contribution in [1.82, 2.24) is 9.55 Å². The van der Waals surface area contributed by atoms with Gasteiger partial charge in [-0.25, -0.2) is 9.78 Å². The maximum Gasteiger partial charge on any atom is 0.333 e. The Hall–Kier alpha value is -2.10. The van der Waals surface area contributed by atoms with E-state index < -0.39 is 6.04 Å². The van der Waals surface area contributed by atoms with Gasteiger partial charge in [0.15, 0.2) is 6.04 Å². The van der Waals surface area contributed by atoms with Gasteiger partial charge >= 0.3 is 5.97 Å². The number of rotatable bonds is 5. The Bertz CT molecular complexity index is 534. The molecule has 1 unspecified atom stereocenters. The van der Waals surface area contributed by atoms with Crippen molar-refractivity contribution in [3.8, 4) is 0 Å². The minimum absolute atomic E-state index is 0.249. The zero-order chi connectivity index (χ0) is 13.7. The van der Waals surface area contributed by atoms with Crippen molar-refractivity contribution in [3.05, 3.63) is 54.1 Å². The molecule has 2 rings (SSSR count). The van der Waals surface area contributed by atoms with Crippen molar-refractivity contribution in [2.24, 2.45) is 0 Å². The molecule has 0 amide bonds. The highest BCUT2D eigenvalue weighted by Gasteiger charge is 2.25. The quantitative estimate of drug-likeness (QED) is 0.774. The number of carbonyl (C=O) groups is 1. The van der Waals surface area contributed by atoms with Crippen LogP contribution in [0, 0.1) is 0 Å². The molecule has 1 atom stereocenters. The lowest BCUT2D eigenvalue weighted by Crippen LogP contribution is -2.24. The Morgan fingerprint density at radius 2 is 2.05 bits per heavy atom. The molecular formula is C15H18N2O2. The number of esters is 1. The first kappa shape index (κ1) is 13.3. The summed E-state index contributed by atoms with van der Waals surface area (Å²) in [6.07, 6.45) is 4.32. The summed E-state index contributed by atoms with van der Waals surface area (Å²) in [5.41, 5.74) is 0.911. The second-order valence-electron chi connectivity index (χ2n) is 4.17. The number of benzene rings is 1. The molecule has 0 fully saturated rings. The van der Waals surface area contributed by atoms with E-state index in [0.717, 1.165) is 17.8 Å². The lowest BCUT2D eigenvalue weighted by molar-refractivity contribution is -0.145. The maximum absolute atomic E-state index is 12.2. The third-order valence-electron chi connectivity index (χ3n) is 2.97. The molecule has 0 saturated heterocycles. The van der Waals surface area contributed by atoms with Gasteiger partial charge in [-0.05, 0) is 12.5 Å². The van der Waals surface area contributed by atoms with Crippen molar-refractivity contribution in [2.75, 3.05) is 6.61 Å². The summed E-state index contributed by atoms with van der Waals surface area (Å²) in [5, 5.41) is 0. The number of carbonyl (C=O) groups excluding carboxylic acids is 1. The number of hydrogen-bond acceptors (Lipinski definition) is 3. The maximum atomic E-state index is 12.2. The monoisotopic (exact) mass is 258 g/mol. The Morgan fingerprint density at radius 1 is 1.32 bits per heavy atom. The van der Waals surface area contributed by atoms with Crippen LogP contribution in [0.2, 0.25) is 0 Å². The number of aromatic nitrogens is 2. The molecule has 19 heavy (non-hydrogen) atoms. The number of nitrogens with zero attached hydrogens (tertiary/aromatic N) is 2. The van der Waals surface area contributed by atoms with E-state index in [-0.39, 0.29) is 5.97 Å². The van der Waals surface area contributed by atoms with E-state index >= 15 is 0 Å². The minimum atomic E-state index is -0.460.